The van der Waals surface area contributed by atoms with E-state index in [1.807, 2.05) is 11.4 Å². The number of carbonyl (C=O) groups is 2. The lowest BCUT2D eigenvalue weighted by atomic mass is 10.2. The zero-order chi connectivity index (χ0) is 16.9. The molecule has 0 spiro atoms. The lowest BCUT2D eigenvalue weighted by molar-refractivity contribution is 0.101. The van der Waals surface area contributed by atoms with Gasteiger partial charge in [0.05, 0.1) is 9.90 Å². The number of hydrogen-bond acceptors (Lipinski definition) is 4. The lowest BCUT2D eigenvalue weighted by Gasteiger charge is -2.07. The predicted molar refractivity (Wildman–Crippen MR) is 95.9 cm³/mol. The van der Waals surface area contributed by atoms with Gasteiger partial charge in [-0.25, -0.2) is 4.98 Å². The Morgan fingerprint density at radius 2 is 1.88 bits per heavy atom. The Morgan fingerprint density at radius 3 is 2.58 bits per heavy atom. The number of nitrogens with one attached hydrogen (secondary N) is 2. The molecule has 5 nitrogen and oxygen atoms in total. The summed E-state index contributed by atoms with van der Waals surface area (Å²) in [5.74, 6) is -0.128. The minimum atomic E-state index is -0.322. The van der Waals surface area contributed by atoms with E-state index >= 15 is 0 Å². The largest absolute Gasteiger partial charge is 0.321 e. The highest BCUT2D eigenvalue weighted by molar-refractivity contribution is 7.12. The summed E-state index contributed by atoms with van der Waals surface area (Å²) in [6, 6.07) is 13.5. The van der Waals surface area contributed by atoms with Crippen LogP contribution in [0, 0.1) is 0 Å². The molecular formula is C17H12ClN3O2S. The van der Waals surface area contributed by atoms with E-state index in [1.165, 1.54) is 17.5 Å². The fraction of sp³-hybridized carbons (Fsp3) is 0. The van der Waals surface area contributed by atoms with E-state index in [2.05, 4.69) is 15.6 Å². The number of pyridine rings is 1. The van der Waals surface area contributed by atoms with Crippen LogP contribution in [0.3, 0.4) is 0 Å². The first kappa shape index (κ1) is 16.2. The molecule has 1 aromatic carbocycles. The van der Waals surface area contributed by atoms with Gasteiger partial charge in [0.15, 0.2) is 0 Å². The normalized spacial score (nSPS) is 10.2. The molecule has 2 amide bonds. The van der Waals surface area contributed by atoms with Crippen molar-refractivity contribution in [2.24, 2.45) is 0 Å². The molecule has 0 unspecified atom stereocenters. The van der Waals surface area contributed by atoms with Crippen molar-refractivity contribution in [3.05, 3.63) is 75.6 Å². The molecule has 3 rings (SSSR count). The Balaban J connectivity index is 1.71. The second-order valence-corrected chi connectivity index (χ2v) is 6.21. The van der Waals surface area contributed by atoms with Crippen molar-refractivity contribution >= 4 is 46.3 Å². The molecule has 0 radical (unpaired) electrons. The van der Waals surface area contributed by atoms with E-state index in [0.29, 0.717) is 27.0 Å². The van der Waals surface area contributed by atoms with Crippen LogP contribution in [-0.2, 0) is 0 Å². The molecule has 0 fully saturated rings. The van der Waals surface area contributed by atoms with Gasteiger partial charge in [0.1, 0.15) is 5.82 Å². The van der Waals surface area contributed by atoms with Crippen LogP contribution < -0.4 is 10.6 Å². The molecule has 0 aliphatic rings. The van der Waals surface area contributed by atoms with Crippen molar-refractivity contribution < 1.29 is 9.59 Å². The highest BCUT2D eigenvalue weighted by atomic mass is 35.5. The van der Waals surface area contributed by atoms with Crippen molar-refractivity contribution in [2.45, 2.75) is 0 Å². The lowest BCUT2D eigenvalue weighted by Crippen LogP contribution is -2.14. The zero-order valence-electron chi connectivity index (χ0n) is 12.3. The van der Waals surface area contributed by atoms with Crippen LogP contribution in [0.2, 0.25) is 5.02 Å². The maximum Gasteiger partial charge on any atom is 0.265 e. The van der Waals surface area contributed by atoms with Gasteiger partial charge in [-0.15, -0.1) is 11.3 Å². The highest BCUT2D eigenvalue weighted by Gasteiger charge is 2.10. The fourth-order valence-corrected chi connectivity index (χ4v) is 2.71. The van der Waals surface area contributed by atoms with E-state index < -0.39 is 0 Å². The van der Waals surface area contributed by atoms with Crippen molar-refractivity contribution in [3.8, 4) is 0 Å². The highest BCUT2D eigenvalue weighted by Crippen LogP contribution is 2.16. The number of carbonyl (C=O) groups excluding carboxylic acids is 2. The Bertz CT molecular complexity index is 864. The summed E-state index contributed by atoms with van der Waals surface area (Å²) in [7, 11) is 0. The van der Waals surface area contributed by atoms with Crippen LogP contribution in [0.15, 0.2) is 60.1 Å². The summed E-state index contributed by atoms with van der Waals surface area (Å²) in [4.78, 5) is 28.9. The van der Waals surface area contributed by atoms with Crippen LogP contribution in [0.1, 0.15) is 20.0 Å². The third-order valence-corrected chi connectivity index (χ3v) is 4.19. The number of thiophene rings is 1. The van der Waals surface area contributed by atoms with Crippen molar-refractivity contribution in [2.75, 3.05) is 10.6 Å². The number of halogens is 1. The molecular weight excluding hydrogens is 346 g/mol. The van der Waals surface area contributed by atoms with E-state index in [4.69, 9.17) is 11.6 Å². The first-order valence-electron chi connectivity index (χ1n) is 6.99. The second kappa shape index (κ2) is 7.25. The molecule has 0 saturated heterocycles. The number of hydrogen-bond donors (Lipinski definition) is 2. The average molecular weight is 358 g/mol. The van der Waals surface area contributed by atoms with Gasteiger partial charge in [0.2, 0.25) is 0 Å². The monoisotopic (exact) mass is 357 g/mol. The predicted octanol–water partition coefficient (Wildman–Crippen LogP) is 4.30. The number of amides is 2. The Hall–Kier alpha value is -2.70. The van der Waals surface area contributed by atoms with E-state index in [9.17, 15) is 9.59 Å². The summed E-state index contributed by atoms with van der Waals surface area (Å²) in [6.45, 7) is 0. The van der Waals surface area contributed by atoms with Gasteiger partial charge in [-0.3, -0.25) is 9.59 Å². The van der Waals surface area contributed by atoms with Gasteiger partial charge in [-0.2, -0.15) is 0 Å². The van der Waals surface area contributed by atoms with Crippen LogP contribution in [0.25, 0.3) is 0 Å². The molecule has 2 aromatic heterocycles. The maximum atomic E-state index is 12.3. The number of nitrogens with zero attached hydrogens (tertiary/aromatic N) is 1. The second-order valence-electron chi connectivity index (χ2n) is 4.83. The molecule has 0 aliphatic carbocycles. The number of aromatic nitrogens is 1. The zero-order valence-corrected chi connectivity index (χ0v) is 13.9. The quantitative estimate of drug-likeness (QED) is 0.731. The third kappa shape index (κ3) is 3.98. The summed E-state index contributed by atoms with van der Waals surface area (Å²) in [5.41, 5.74) is 0.959. The van der Waals surface area contributed by atoms with Gasteiger partial charge in [0, 0.05) is 17.4 Å². The molecule has 0 aliphatic heterocycles. The Kier molecular flexibility index (Phi) is 4.88. The number of anilines is 2. The molecule has 0 bridgehead atoms. The summed E-state index contributed by atoms with van der Waals surface area (Å²) >= 11 is 7.12. The molecule has 0 saturated carbocycles. The van der Waals surface area contributed by atoms with Crippen LogP contribution >= 0.6 is 22.9 Å². The van der Waals surface area contributed by atoms with Crippen LogP contribution in [0.5, 0.6) is 0 Å². The number of benzene rings is 1. The minimum absolute atomic E-state index is 0.207. The SMILES string of the molecule is O=C(Nc1ccc(Cl)cn1)c1cccc(NC(=O)c2cccs2)c1. The van der Waals surface area contributed by atoms with Gasteiger partial charge < -0.3 is 10.6 Å². The van der Waals surface area contributed by atoms with Gasteiger partial charge >= 0.3 is 0 Å². The van der Waals surface area contributed by atoms with E-state index in [1.54, 1.807) is 42.5 Å². The Labute approximate surface area is 147 Å². The van der Waals surface area contributed by atoms with Gasteiger partial charge in [0.25, 0.3) is 11.8 Å². The number of rotatable bonds is 4. The van der Waals surface area contributed by atoms with Crippen molar-refractivity contribution in [3.63, 3.8) is 0 Å². The first-order valence-corrected chi connectivity index (χ1v) is 8.25. The van der Waals surface area contributed by atoms with Crippen molar-refractivity contribution in [1.82, 2.24) is 4.98 Å². The molecule has 3 aromatic rings. The molecule has 0 atom stereocenters. The first-order chi connectivity index (χ1) is 11.6. The Morgan fingerprint density at radius 1 is 1.00 bits per heavy atom. The summed E-state index contributed by atoms with van der Waals surface area (Å²) in [6.07, 6.45) is 1.45. The third-order valence-electron chi connectivity index (χ3n) is 3.10. The van der Waals surface area contributed by atoms with E-state index in [-0.39, 0.29) is 11.8 Å². The standard InChI is InChI=1S/C17H12ClN3O2S/c18-12-6-7-15(19-10-12)21-16(22)11-3-1-4-13(9-11)20-17(23)14-5-2-8-24-14/h1-10H,(H,20,23)(H,19,21,22). The summed E-state index contributed by atoms with van der Waals surface area (Å²) < 4.78 is 0. The maximum absolute atomic E-state index is 12.3. The molecule has 24 heavy (non-hydrogen) atoms. The molecule has 7 heteroatoms. The van der Waals surface area contributed by atoms with Crippen molar-refractivity contribution in [1.29, 1.82) is 0 Å². The molecule has 2 N–H and O–H groups in total. The minimum Gasteiger partial charge on any atom is -0.321 e. The summed E-state index contributed by atoms with van der Waals surface area (Å²) in [5, 5.41) is 7.77. The fourth-order valence-electron chi connectivity index (χ4n) is 1.98. The average Bonchev–Trinajstić information content (AvgIpc) is 3.12. The topological polar surface area (TPSA) is 71.1 Å². The molecule has 2 heterocycles. The van der Waals surface area contributed by atoms with Crippen LogP contribution in [-0.4, -0.2) is 16.8 Å². The van der Waals surface area contributed by atoms with Gasteiger partial charge in [-0.1, -0.05) is 23.7 Å². The van der Waals surface area contributed by atoms with Gasteiger partial charge in [-0.05, 0) is 41.8 Å². The van der Waals surface area contributed by atoms with E-state index in [0.717, 1.165) is 0 Å². The molecule has 120 valence electrons. The smallest absolute Gasteiger partial charge is 0.265 e. The van der Waals surface area contributed by atoms with Crippen LogP contribution in [0.4, 0.5) is 11.5 Å².